The first-order valence-corrected chi connectivity index (χ1v) is 4.81. The van der Waals surface area contributed by atoms with Crippen LogP contribution in [0.1, 0.15) is 0 Å². The van der Waals surface area contributed by atoms with E-state index >= 15 is 0 Å². The molecule has 0 heterocycles. The fourth-order valence-electron chi connectivity index (χ4n) is 1.02. The Balaban J connectivity index is 2.45. The summed E-state index contributed by atoms with van der Waals surface area (Å²) in [6, 6.07) is 4.25. The zero-order valence-corrected chi connectivity index (χ0v) is 8.84. The summed E-state index contributed by atoms with van der Waals surface area (Å²) >= 11 is 0. The minimum atomic E-state index is -3.15. The van der Waals surface area contributed by atoms with Gasteiger partial charge in [-0.2, -0.15) is 0 Å². The molecule has 4 N–H and O–H groups in total. The lowest BCUT2D eigenvalue weighted by Gasteiger charge is -2.14. The van der Waals surface area contributed by atoms with Gasteiger partial charge in [-0.3, -0.25) is 0 Å². The molecule has 2 amide bonds. The maximum Gasteiger partial charge on any atom is 0.319 e. The van der Waals surface area contributed by atoms with Crippen molar-refractivity contribution in [2.75, 3.05) is 18.4 Å². The lowest BCUT2D eigenvalue weighted by Crippen LogP contribution is -2.43. The number of anilines is 1. The topological polar surface area (TPSA) is 67.1 Å². The SMILES string of the molecule is NCC(F)(F)CNC(=O)Nc1cccc(F)c1. The van der Waals surface area contributed by atoms with Crippen LogP contribution in [0.5, 0.6) is 0 Å². The second-order valence-electron chi connectivity index (χ2n) is 3.38. The van der Waals surface area contributed by atoms with Crippen LogP contribution in [-0.4, -0.2) is 25.0 Å². The van der Waals surface area contributed by atoms with Crippen LogP contribution in [0.15, 0.2) is 24.3 Å². The normalized spacial score (nSPS) is 11.1. The minimum absolute atomic E-state index is 0.179. The summed E-state index contributed by atoms with van der Waals surface area (Å²) in [6.45, 7) is -1.72. The van der Waals surface area contributed by atoms with Gasteiger partial charge in [0.05, 0.1) is 13.1 Å². The van der Waals surface area contributed by atoms with Crippen LogP contribution in [0.25, 0.3) is 0 Å². The summed E-state index contributed by atoms with van der Waals surface area (Å²) in [4.78, 5) is 11.2. The standard InChI is InChI=1S/C10H12F3N3O/c11-7-2-1-3-8(4-7)16-9(17)15-6-10(12,13)5-14/h1-4H,5-6,14H2,(H2,15,16,17). The largest absolute Gasteiger partial charge is 0.332 e. The summed E-state index contributed by atoms with van der Waals surface area (Å²) in [5.74, 6) is -3.69. The molecule has 94 valence electrons. The van der Waals surface area contributed by atoms with E-state index in [4.69, 9.17) is 5.73 Å². The van der Waals surface area contributed by atoms with E-state index in [1.54, 1.807) is 0 Å². The number of alkyl halides is 2. The third-order valence-electron chi connectivity index (χ3n) is 1.89. The second kappa shape index (κ2) is 5.53. The van der Waals surface area contributed by atoms with Gasteiger partial charge < -0.3 is 16.4 Å². The molecule has 4 nitrogen and oxygen atoms in total. The molecular formula is C10H12F3N3O. The average molecular weight is 247 g/mol. The fraction of sp³-hybridized carbons (Fsp3) is 0.300. The first kappa shape index (κ1) is 13.3. The van der Waals surface area contributed by atoms with Gasteiger partial charge in [-0.25, -0.2) is 18.0 Å². The minimum Gasteiger partial charge on any atom is -0.332 e. The van der Waals surface area contributed by atoms with Crippen molar-refractivity contribution in [3.05, 3.63) is 30.1 Å². The molecule has 0 atom stereocenters. The van der Waals surface area contributed by atoms with Crippen molar-refractivity contribution in [1.29, 1.82) is 0 Å². The second-order valence-corrected chi connectivity index (χ2v) is 3.38. The van der Waals surface area contributed by atoms with E-state index in [1.807, 2.05) is 5.32 Å². The Kier molecular flexibility index (Phi) is 4.33. The van der Waals surface area contributed by atoms with Crippen molar-refractivity contribution in [2.24, 2.45) is 5.73 Å². The van der Waals surface area contributed by atoms with Crippen molar-refractivity contribution in [1.82, 2.24) is 5.32 Å². The number of amides is 2. The third kappa shape index (κ3) is 4.73. The number of hydrogen-bond acceptors (Lipinski definition) is 2. The van der Waals surface area contributed by atoms with E-state index in [-0.39, 0.29) is 5.69 Å². The molecule has 0 aromatic heterocycles. The van der Waals surface area contributed by atoms with Crippen molar-refractivity contribution < 1.29 is 18.0 Å². The number of halogens is 3. The van der Waals surface area contributed by atoms with Gasteiger partial charge >= 0.3 is 6.03 Å². The van der Waals surface area contributed by atoms with Crippen LogP contribution in [-0.2, 0) is 0 Å². The Bertz CT molecular complexity index is 398. The molecule has 0 unspecified atom stereocenters. The van der Waals surface area contributed by atoms with Gasteiger partial charge in [0.25, 0.3) is 5.92 Å². The van der Waals surface area contributed by atoms with Gasteiger partial charge in [0, 0.05) is 5.69 Å². The van der Waals surface area contributed by atoms with Crippen LogP contribution in [0.4, 0.5) is 23.7 Å². The number of carbonyl (C=O) groups is 1. The molecule has 1 aromatic carbocycles. The van der Waals surface area contributed by atoms with Crippen LogP contribution < -0.4 is 16.4 Å². The highest BCUT2D eigenvalue weighted by atomic mass is 19.3. The van der Waals surface area contributed by atoms with E-state index in [1.165, 1.54) is 18.2 Å². The fourth-order valence-corrected chi connectivity index (χ4v) is 1.02. The maximum absolute atomic E-state index is 12.7. The summed E-state index contributed by atoms with van der Waals surface area (Å²) in [5, 5.41) is 4.15. The van der Waals surface area contributed by atoms with Gasteiger partial charge in [-0.15, -0.1) is 0 Å². The Morgan fingerprint density at radius 2 is 2.12 bits per heavy atom. The zero-order valence-electron chi connectivity index (χ0n) is 8.84. The number of nitrogens with one attached hydrogen (secondary N) is 2. The van der Waals surface area contributed by atoms with Crippen molar-refractivity contribution in [3.8, 4) is 0 Å². The summed E-state index contributed by atoms with van der Waals surface area (Å²) in [5.41, 5.74) is 4.97. The molecule has 0 fully saturated rings. The third-order valence-corrected chi connectivity index (χ3v) is 1.89. The van der Waals surface area contributed by atoms with E-state index < -0.39 is 30.9 Å². The van der Waals surface area contributed by atoms with Crippen LogP contribution >= 0.6 is 0 Å². The number of hydrogen-bond donors (Lipinski definition) is 3. The summed E-state index contributed by atoms with van der Waals surface area (Å²) in [6.07, 6.45) is 0. The molecule has 0 aliphatic carbocycles. The lowest BCUT2D eigenvalue weighted by molar-refractivity contribution is 0.0148. The highest BCUT2D eigenvalue weighted by molar-refractivity contribution is 5.89. The number of urea groups is 1. The zero-order chi connectivity index (χ0) is 12.9. The van der Waals surface area contributed by atoms with Crippen LogP contribution in [0, 0.1) is 5.82 Å². The van der Waals surface area contributed by atoms with E-state index in [9.17, 15) is 18.0 Å². The summed E-state index contributed by atoms with van der Waals surface area (Å²) in [7, 11) is 0. The quantitative estimate of drug-likeness (QED) is 0.755. The average Bonchev–Trinajstić information content (AvgIpc) is 2.27. The van der Waals surface area contributed by atoms with E-state index in [2.05, 4.69) is 5.32 Å². The van der Waals surface area contributed by atoms with Gasteiger partial charge in [-0.1, -0.05) is 6.07 Å². The number of benzene rings is 1. The maximum atomic E-state index is 12.7. The number of rotatable bonds is 4. The molecule has 0 bridgehead atoms. The Morgan fingerprint density at radius 1 is 1.41 bits per heavy atom. The highest BCUT2D eigenvalue weighted by Crippen LogP contribution is 2.10. The lowest BCUT2D eigenvalue weighted by atomic mass is 10.3. The molecule has 0 aliphatic heterocycles. The molecule has 1 aromatic rings. The van der Waals surface area contributed by atoms with Crippen LogP contribution in [0.2, 0.25) is 0 Å². The predicted octanol–water partition coefficient (Wildman–Crippen LogP) is 1.54. The van der Waals surface area contributed by atoms with Gasteiger partial charge in [-0.05, 0) is 18.2 Å². The summed E-state index contributed by atoms with van der Waals surface area (Å²) < 4.78 is 38.1. The Morgan fingerprint density at radius 3 is 2.71 bits per heavy atom. The highest BCUT2D eigenvalue weighted by Gasteiger charge is 2.27. The molecule has 0 saturated carbocycles. The molecule has 0 saturated heterocycles. The van der Waals surface area contributed by atoms with Crippen LogP contribution in [0.3, 0.4) is 0 Å². The number of carbonyl (C=O) groups excluding carboxylic acids is 1. The van der Waals surface area contributed by atoms with Gasteiger partial charge in [0.2, 0.25) is 0 Å². The smallest absolute Gasteiger partial charge is 0.319 e. The monoisotopic (exact) mass is 247 g/mol. The predicted molar refractivity (Wildman–Crippen MR) is 57.4 cm³/mol. The van der Waals surface area contributed by atoms with Crippen molar-refractivity contribution in [2.45, 2.75) is 5.92 Å². The molecular weight excluding hydrogens is 235 g/mol. The Hall–Kier alpha value is -1.76. The molecule has 0 spiro atoms. The van der Waals surface area contributed by atoms with Crippen molar-refractivity contribution in [3.63, 3.8) is 0 Å². The Labute approximate surface area is 96.0 Å². The van der Waals surface area contributed by atoms with E-state index in [0.717, 1.165) is 6.07 Å². The first-order valence-electron chi connectivity index (χ1n) is 4.81. The molecule has 0 aliphatic rings. The molecule has 1 rings (SSSR count). The first-order chi connectivity index (χ1) is 7.93. The van der Waals surface area contributed by atoms with Crippen molar-refractivity contribution >= 4 is 11.7 Å². The number of nitrogens with two attached hydrogens (primary N) is 1. The van der Waals surface area contributed by atoms with Gasteiger partial charge in [0.1, 0.15) is 5.82 Å². The molecule has 0 radical (unpaired) electrons. The molecule has 17 heavy (non-hydrogen) atoms. The van der Waals surface area contributed by atoms with Gasteiger partial charge in [0.15, 0.2) is 0 Å². The van der Waals surface area contributed by atoms with E-state index in [0.29, 0.717) is 0 Å². The molecule has 7 heteroatoms.